The number of ketones is 1. The molecule has 5 nitrogen and oxygen atoms in total. The zero-order chi connectivity index (χ0) is 15.4. The molecule has 0 atom stereocenters. The molecular formula is C14H9Cl2NO4. The van der Waals surface area contributed by atoms with E-state index in [0.717, 1.165) is 0 Å². The highest BCUT2D eigenvalue weighted by molar-refractivity contribution is 6.32. The van der Waals surface area contributed by atoms with E-state index in [1.54, 1.807) is 24.3 Å². The van der Waals surface area contributed by atoms with E-state index < -0.39 is 4.92 Å². The number of nitro groups is 1. The second-order valence-electron chi connectivity index (χ2n) is 4.09. The third-order valence-electron chi connectivity index (χ3n) is 2.65. The van der Waals surface area contributed by atoms with Gasteiger partial charge >= 0.3 is 0 Å². The highest BCUT2D eigenvalue weighted by Gasteiger charge is 2.12. The lowest BCUT2D eigenvalue weighted by molar-refractivity contribution is -0.384. The van der Waals surface area contributed by atoms with Gasteiger partial charge in [-0.1, -0.05) is 23.2 Å². The SMILES string of the molecule is O=C(COc1ccc([N+](=O)[O-])cc1Cl)c1ccc(Cl)cc1. The van der Waals surface area contributed by atoms with Crippen molar-refractivity contribution in [3.05, 3.63) is 68.2 Å². The summed E-state index contributed by atoms with van der Waals surface area (Å²) < 4.78 is 5.28. The number of Topliss-reactive ketones (excluding diaryl/α,β-unsaturated/α-hetero) is 1. The maximum Gasteiger partial charge on any atom is 0.271 e. The molecule has 2 aromatic carbocycles. The summed E-state index contributed by atoms with van der Waals surface area (Å²) in [5.41, 5.74) is 0.314. The number of benzene rings is 2. The van der Waals surface area contributed by atoms with Crippen molar-refractivity contribution in [3.63, 3.8) is 0 Å². The van der Waals surface area contributed by atoms with Crippen molar-refractivity contribution in [2.45, 2.75) is 0 Å². The van der Waals surface area contributed by atoms with Crippen molar-refractivity contribution in [1.29, 1.82) is 0 Å². The molecule has 0 aliphatic rings. The van der Waals surface area contributed by atoms with Gasteiger partial charge in [0.25, 0.3) is 5.69 Å². The van der Waals surface area contributed by atoms with Crippen LogP contribution in [-0.2, 0) is 0 Å². The number of hydrogen-bond donors (Lipinski definition) is 0. The lowest BCUT2D eigenvalue weighted by atomic mass is 10.1. The van der Waals surface area contributed by atoms with Crippen LogP contribution in [0.1, 0.15) is 10.4 Å². The average molecular weight is 326 g/mol. The number of halogens is 2. The maximum absolute atomic E-state index is 11.9. The molecule has 0 spiro atoms. The summed E-state index contributed by atoms with van der Waals surface area (Å²) in [6.07, 6.45) is 0. The molecule has 21 heavy (non-hydrogen) atoms. The van der Waals surface area contributed by atoms with Gasteiger partial charge in [0.15, 0.2) is 12.4 Å². The summed E-state index contributed by atoms with van der Waals surface area (Å²) in [5.74, 6) is -0.0364. The standard InChI is InChI=1S/C14H9Cl2NO4/c15-10-3-1-9(2-4-10)13(18)8-21-14-6-5-11(17(19)20)7-12(14)16/h1-7H,8H2. The van der Waals surface area contributed by atoms with Crippen molar-refractivity contribution in [3.8, 4) is 5.75 Å². The zero-order valence-electron chi connectivity index (χ0n) is 10.6. The molecule has 0 N–H and O–H groups in total. The first-order valence-electron chi connectivity index (χ1n) is 5.83. The number of carbonyl (C=O) groups is 1. The average Bonchev–Trinajstić information content (AvgIpc) is 2.46. The molecule has 0 bridgehead atoms. The van der Waals surface area contributed by atoms with Gasteiger partial charge in [0, 0.05) is 22.7 Å². The number of hydrogen-bond acceptors (Lipinski definition) is 4. The summed E-state index contributed by atoms with van der Waals surface area (Å²) in [4.78, 5) is 21.9. The van der Waals surface area contributed by atoms with E-state index in [1.807, 2.05) is 0 Å². The molecule has 2 aromatic rings. The minimum absolute atomic E-state index is 0.0770. The molecule has 0 heterocycles. The number of non-ortho nitro benzene ring substituents is 1. The number of ether oxygens (including phenoxy) is 1. The topological polar surface area (TPSA) is 69.4 Å². The van der Waals surface area contributed by atoms with E-state index in [9.17, 15) is 14.9 Å². The van der Waals surface area contributed by atoms with Gasteiger partial charge in [0.2, 0.25) is 0 Å². The Morgan fingerprint density at radius 3 is 2.38 bits per heavy atom. The molecule has 0 amide bonds. The largest absolute Gasteiger partial charge is 0.484 e. The van der Waals surface area contributed by atoms with Gasteiger partial charge < -0.3 is 4.74 Å². The van der Waals surface area contributed by atoms with Gasteiger partial charge in [-0.3, -0.25) is 14.9 Å². The fraction of sp³-hybridized carbons (Fsp3) is 0.0714. The van der Waals surface area contributed by atoms with E-state index in [-0.39, 0.29) is 28.8 Å². The van der Waals surface area contributed by atoms with Gasteiger partial charge in [-0.15, -0.1) is 0 Å². The monoisotopic (exact) mass is 325 g/mol. The van der Waals surface area contributed by atoms with E-state index in [1.165, 1.54) is 18.2 Å². The van der Waals surface area contributed by atoms with Crippen LogP contribution in [0.15, 0.2) is 42.5 Å². The highest BCUT2D eigenvalue weighted by Crippen LogP contribution is 2.28. The van der Waals surface area contributed by atoms with Crippen LogP contribution < -0.4 is 4.74 Å². The number of nitro benzene ring substituents is 1. The summed E-state index contributed by atoms with van der Waals surface area (Å²) in [7, 11) is 0. The first kappa shape index (κ1) is 15.3. The Morgan fingerprint density at radius 1 is 1.14 bits per heavy atom. The minimum atomic E-state index is -0.561. The fourth-order valence-electron chi connectivity index (χ4n) is 1.58. The predicted molar refractivity (Wildman–Crippen MR) is 79.4 cm³/mol. The lowest BCUT2D eigenvalue weighted by Crippen LogP contribution is -2.11. The molecule has 108 valence electrons. The van der Waals surface area contributed by atoms with Crippen LogP contribution in [0.4, 0.5) is 5.69 Å². The van der Waals surface area contributed by atoms with Gasteiger partial charge in [-0.2, -0.15) is 0 Å². The molecule has 0 unspecified atom stereocenters. The molecule has 0 saturated carbocycles. The Labute approximate surface area is 130 Å². The normalized spacial score (nSPS) is 10.2. The number of rotatable bonds is 5. The van der Waals surface area contributed by atoms with E-state index in [0.29, 0.717) is 10.6 Å². The molecular weight excluding hydrogens is 317 g/mol. The van der Waals surface area contributed by atoms with Crippen LogP contribution in [0.2, 0.25) is 10.0 Å². The summed E-state index contributed by atoms with van der Waals surface area (Å²) in [6, 6.07) is 10.2. The second-order valence-corrected chi connectivity index (χ2v) is 4.93. The second kappa shape index (κ2) is 6.56. The van der Waals surface area contributed by atoms with Crippen LogP contribution >= 0.6 is 23.2 Å². The highest BCUT2D eigenvalue weighted by atomic mass is 35.5. The Kier molecular flexibility index (Phi) is 4.77. The minimum Gasteiger partial charge on any atom is -0.484 e. The van der Waals surface area contributed by atoms with E-state index in [4.69, 9.17) is 27.9 Å². The predicted octanol–water partition coefficient (Wildman–Crippen LogP) is 4.16. The van der Waals surface area contributed by atoms with Crippen molar-refractivity contribution in [2.24, 2.45) is 0 Å². The molecule has 0 aliphatic carbocycles. The smallest absolute Gasteiger partial charge is 0.271 e. The molecule has 2 rings (SSSR count). The molecule has 7 heteroatoms. The Balaban J connectivity index is 2.04. The number of carbonyl (C=O) groups excluding carboxylic acids is 1. The third kappa shape index (κ3) is 3.93. The zero-order valence-corrected chi connectivity index (χ0v) is 12.1. The van der Waals surface area contributed by atoms with Crippen molar-refractivity contribution >= 4 is 34.7 Å². The Morgan fingerprint density at radius 2 is 1.81 bits per heavy atom. The summed E-state index contributed by atoms with van der Waals surface area (Å²) >= 11 is 11.6. The van der Waals surface area contributed by atoms with Crippen LogP contribution in [0, 0.1) is 10.1 Å². The summed E-state index contributed by atoms with van der Waals surface area (Å²) in [6.45, 7) is -0.223. The third-order valence-corrected chi connectivity index (χ3v) is 3.20. The van der Waals surface area contributed by atoms with Gasteiger partial charge in [0.1, 0.15) is 5.75 Å². The van der Waals surface area contributed by atoms with Gasteiger partial charge in [0.05, 0.1) is 9.95 Å². The fourth-order valence-corrected chi connectivity index (χ4v) is 1.94. The van der Waals surface area contributed by atoms with Crippen LogP contribution in [0.3, 0.4) is 0 Å². The lowest BCUT2D eigenvalue weighted by Gasteiger charge is -2.07. The van der Waals surface area contributed by atoms with Gasteiger partial charge in [-0.25, -0.2) is 0 Å². The molecule has 0 fully saturated rings. The molecule has 0 saturated heterocycles. The summed E-state index contributed by atoms with van der Waals surface area (Å²) in [5, 5.41) is 11.2. The van der Waals surface area contributed by atoms with Crippen molar-refractivity contribution < 1.29 is 14.5 Å². The Bertz CT molecular complexity index is 686. The molecule has 0 aromatic heterocycles. The van der Waals surface area contributed by atoms with Gasteiger partial charge in [-0.05, 0) is 30.3 Å². The molecule has 0 aliphatic heterocycles. The van der Waals surface area contributed by atoms with Crippen molar-refractivity contribution in [2.75, 3.05) is 6.61 Å². The Hall–Kier alpha value is -2.11. The van der Waals surface area contributed by atoms with Crippen LogP contribution in [-0.4, -0.2) is 17.3 Å². The van der Waals surface area contributed by atoms with E-state index in [2.05, 4.69) is 0 Å². The quantitative estimate of drug-likeness (QED) is 0.470. The number of nitrogens with zero attached hydrogens (tertiary/aromatic N) is 1. The van der Waals surface area contributed by atoms with Crippen LogP contribution in [0.5, 0.6) is 5.75 Å². The van der Waals surface area contributed by atoms with Crippen LogP contribution in [0.25, 0.3) is 0 Å². The maximum atomic E-state index is 11.9. The van der Waals surface area contributed by atoms with E-state index >= 15 is 0 Å². The first-order valence-corrected chi connectivity index (χ1v) is 6.58. The molecule has 0 radical (unpaired) electrons. The first-order chi connectivity index (χ1) is 9.97. The van der Waals surface area contributed by atoms with Crippen molar-refractivity contribution in [1.82, 2.24) is 0 Å².